The maximum Gasteiger partial charge on any atom is 0.455 e. The highest BCUT2D eigenvalue weighted by molar-refractivity contribution is 6.43. The second-order valence-corrected chi connectivity index (χ2v) is 11.2. The lowest BCUT2D eigenvalue weighted by Gasteiger charge is -2.43. The fourth-order valence-corrected chi connectivity index (χ4v) is 6.90. The largest absolute Gasteiger partial charge is 0.508 e. The number of imide groups is 1. The molecule has 2 fully saturated rings. The molecule has 1 aliphatic carbocycles. The van der Waals surface area contributed by atoms with E-state index in [0.717, 1.165) is 35.1 Å². The Bertz CT molecular complexity index is 1310. The van der Waals surface area contributed by atoms with Gasteiger partial charge in [0.1, 0.15) is 5.75 Å². The van der Waals surface area contributed by atoms with E-state index in [4.69, 9.17) is 16.3 Å². The molecule has 0 saturated carbocycles. The van der Waals surface area contributed by atoms with Gasteiger partial charge in [-0.2, -0.15) is 0 Å². The fourth-order valence-electron chi connectivity index (χ4n) is 6.67. The molecule has 2 aliphatic heterocycles. The van der Waals surface area contributed by atoms with Crippen LogP contribution in [0.1, 0.15) is 57.1 Å². The highest BCUT2D eigenvalue weighted by Crippen LogP contribution is 2.51. The van der Waals surface area contributed by atoms with Gasteiger partial charge in [0.25, 0.3) is 0 Å². The summed E-state index contributed by atoms with van der Waals surface area (Å²) in [5.41, 5.74) is 5.20. The molecule has 2 amide bonds. The molecule has 2 aromatic carbocycles. The fraction of sp³-hybridized carbons (Fsp3) is 0.419. The summed E-state index contributed by atoms with van der Waals surface area (Å²) in [6, 6.07) is 15.0. The topological polar surface area (TPSA) is 87.1 Å². The van der Waals surface area contributed by atoms with Gasteiger partial charge in [0.15, 0.2) is 0 Å². The summed E-state index contributed by atoms with van der Waals surface area (Å²) >= 11 is 6.44. The van der Waals surface area contributed by atoms with Gasteiger partial charge in [0, 0.05) is 6.54 Å². The highest BCUT2D eigenvalue weighted by Gasteiger charge is 2.56. The zero-order valence-corrected chi connectivity index (χ0v) is 23.2. The molecule has 2 aromatic rings. The molecular formula is C31H35BClNO5. The third-order valence-corrected chi connectivity index (χ3v) is 8.73. The second-order valence-electron chi connectivity index (χ2n) is 10.8. The van der Waals surface area contributed by atoms with Crippen molar-refractivity contribution in [2.45, 2.75) is 58.4 Å². The van der Waals surface area contributed by atoms with Gasteiger partial charge in [-0.05, 0) is 90.9 Å². The van der Waals surface area contributed by atoms with Crippen molar-refractivity contribution in [3.05, 3.63) is 75.8 Å². The first-order chi connectivity index (χ1) is 18.8. The number of carbonyl (C=O) groups excluding carboxylic acids is 2. The standard InChI is InChI=1S/C31H35BClNO5/c1-3-14-34-30(36)24-16-19(4-2)28-25(29(24)31(34)37)18-32(38)39-27(28)13-11-21(20-8-6-5-7-9-20)15-22-10-12-23(35)17-26(22)33/h5-10,12,15,17,24-25,27,29,35,38H,3-4,11,13-14,16,18H2,1-2H3/b21-15-/t24-,25+,27-,29-/m1/s1. The molecule has 2 saturated heterocycles. The molecule has 3 aliphatic rings. The molecule has 0 radical (unpaired) electrons. The molecule has 5 rings (SSSR count). The van der Waals surface area contributed by atoms with E-state index in [9.17, 15) is 19.7 Å². The van der Waals surface area contributed by atoms with Crippen molar-refractivity contribution in [3.63, 3.8) is 0 Å². The summed E-state index contributed by atoms with van der Waals surface area (Å²) in [5.74, 6) is -0.994. The molecule has 204 valence electrons. The molecule has 6 nitrogen and oxygen atoms in total. The van der Waals surface area contributed by atoms with Crippen molar-refractivity contribution in [1.82, 2.24) is 4.90 Å². The van der Waals surface area contributed by atoms with Crippen LogP contribution in [0, 0.1) is 17.8 Å². The number of amides is 2. The van der Waals surface area contributed by atoms with Crippen molar-refractivity contribution in [3.8, 4) is 5.75 Å². The van der Waals surface area contributed by atoms with E-state index in [0.29, 0.717) is 37.2 Å². The highest BCUT2D eigenvalue weighted by atomic mass is 35.5. The summed E-state index contributed by atoms with van der Waals surface area (Å²) in [4.78, 5) is 28.1. The van der Waals surface area contributed by atoms with Crippen LogP contribution in [-0.2, 0) is 14.2 Å². The van der Waals surface area contributed by atoms with Crippen LogP contribution in [0.2, 0.25) is 11.3 Å². The number of fused-ring (bicyclic) bond motifs is 3. The van der Waals surface area contributed by atoms with Crippen molar-refractivity contribution in [2.24, 2.45) is 17.8 Å². The van der Waals surface area contributed by atoms with Crippen LogP contribution in [0.25, 0.3) is 11.6 Å². The number of hydrogen-bond donors (Lipinski definition) is 2. The quantitative estimate of drug-likeness (QED) is 0.184. The monoisotopic (exact) mass is 547 g/mol. The predicted molar refractivity (Wildman–Crippen MR) is 154 cm³/mol. The number of hydrogen-bond acceptors (Lipinski definition) is 5. The maximum absolute atomic E-state index is 13.4. The Morgan fingerprint density at radius 3 is 2.59 bits per heavy atom. The summed E-state index contributed by atoms with van der Waals surface area (Å²) in [6.45, 7) is 4.51. The number of nitrogens with zero attached hydrogens (tertiary/aromatic N) is 1. The van der Waals surface area contributed by atoms with Gasteiger partial charge in [-0.3, -0.25) is 14.5 Å². The Hall–Kier alpha value is -2.87. The number of phenolic OH excluding ortho intramolecular Hbond substituents is 1. The number of aromatic hydroxyl groups is 1. The average molecular weight is 548 g/mol. The van der Waals surface area contributed by atoms with Gasteiger partial charge in [-0.25, -0.2) is 0 Å². The average Bonchev–Trinajstić information content (AvgIpc) is 3.16. The van der Waals surface area contributed by atoms with E-state index in [1.54, 1.807) is 12.1 Å². The van der Waals surface area contributed by atoms with Crippen LogP contribution in [0.4, 0.5) is 0 Å². The first kappa shape index (κ1) is 27.7. The van der Waals surface area contributed by atoms with Gasteiger partial charge in [-0.15, -0.1) is 0 Å². The first-order valence-corrected chi connectivity index (χ1v) is 14.3. The van der Waals surface area contributed by atoms with E-state index >= 15 is 0 Å². The Balaban J connectivity index is 1.46. The molecule has 2 N–H and O–H groups in total. The minimum atomic E-state index is -0.987. The smallest absolute Gasteiger partial charge is 0.455 e. The predicted octanol–water partition coefficient (Wildman–Crippen LogP) is 5.98. The SMILES string of the molecule is CCCN1C(=O)[C@@H]2[C@@H](CC(CC)=C3[C@@H](CC/C(=C/c4ccc(O)cc4Cl)c4ccccc4)OB(O)C[C@@H]32)C1=O. The van der Waals surface area contributed by atoms with E-state index < -0.39 is 13.0 Å². The van der Waals surface area contributed by atoms with Gasteiger partial charge < -0.3 is 14.8 Å². The molecule has 4 atom stereocenters. The number of likely N-dealkylation sites (tertiary alicyclic amines) is 1. The molecular weight excluding hydrogens is 513 g/mol. The number of rotatable bonds is 8. The zero-order chi connectivity index (χ0) is 27.7. The van der Waals surface area contributed by atoms with Crippen molar-refractivity contribution in [2.75, 3.05) is 6.54 Å². The minimum Gasteiger partial charge on any atom is -0.508 e. The molecule has 39 heavy (non-hydrogen) atoms. The summed E-state index contributed by atoms with van der Waals surface area (Å²) in [7, 11) is -0.987. The molecule has 8 heteroatoms. The molecule has 0 bridgehead atoms. The lowest BCUT2D eigenvalue weighted by Crippen LogP contribution is -2.46. The van der Waals surface area contributed by atoms with Crippen molar-refractivity contribution < 1.29 is 24.4 Å². The van der Waals surface area contributed by atoms with Crippen LogP contribution >= 0.6 is 11.6 Å². The normalized spacial score (nSPS) is 25.3. The molecule has 0 aromatic heterocycles. The molecule has 0 unspecified atom stereocenters. The third kappa shape index (κ3) is 5.45. The van der Waals surface area contributed by atoms with Crippen molar-refractivity contribution in [1.29, 1.82) is 0 Å². The number of benzene rings is 2. The zero-order valence-electron chi connectivity index (χ0n) is 22.5. The first-order valence-electron chi connectivity index (χ1n) is 14.0. The Labute approximate surface area is 235 Å². The van der Waals surface area contributed by atoms with E-state index in [-0.39, 0.29) is 35.5 Å². The number of allylic oxidation sites excluding steroid dienone is 2. The van der Waals surface area contributed by atoms with Gasteiger partial charge in [0.05, 0.1) is 23.0 Å². The second kappa shape index (κ2) is 11.7. The van der Waals surface area contributed by atoms with Crippen molar-refractivity contribution >= 4 is 42.2 Å². The Kier molecular flexibility index (Phi) is 8.31. The van der Waals surface area contributed by atoms with E-state index in [1.807, 2.05) is 43.3 Å². The lowest BCUT2D eigenvalue weighted by atomic mass is 9.58. The number of halogens is 1. The molecule has 0 spiro atoms. The minimum absolute atomic E-state index is 0.0607. The Morgan fingerprint density at radius 2 is 1.90 bits per heavy atom. The maximum atomic E-state index is 13.4. The van der Waals surface area contributed by atoms with Crippen LogP contribution in [0.15, 0.2) is 59.7 Å². The van der Waals surface area contributed by atoms with Crippen LogP contribution in [0.3, 0.4) is 0 Å². The number of carbonyl (C=O) groups is 2. The summed E-state index contributed by atoms with van der Waals surface area (Å²) in [5, 5.41) is 21.0. The van der Waals surface area contributed by atoms with Crippen LogP contribution in [0.5, 0.6) is 5.75 Å². The third-order valence-electron chi connectivity index (χ3n) is 8.41. The van der Waals surface area contributed by atoms with Crippen LogP contribution in [-0.4, -0.2) is 46.6 Å². The van der Waals surface area contributed by atoms with Crippen LogP contribution < -0.4 is 0 Å². The van der Waals surface area contributed by atoms with Gasteiger partial charge in [-0.1, -0.05) is 61.4 Å². The van der Waals surface area contributed by atoms with Gasteiger partial charge in [0.2, 0.25) is 11.8 Å². The number of phenols is 1. The van der Waals surface area contributed by atoms with E-state index in [1.165, 1.54) is 16.5 Å². The summed E-state index contributed by atoms with van der Waals surface area (Å²) in [6.07, 6.45) is 5.37. The molecule has 2 heterocycles. The van der Waals surface area contributed by atoms with Gasteiger partial charge >= 0.3 is 7.12 Å². The lowest BCUT2D eigenvalue weighted by molar-refractivity contribution is -0.140. The van der Waals surface area contributed by atoms with E-state index in [2.05, 4.69) is 6.92 Å². The Morgan fingerprint density at radius 1 is 1.13 bits per heavy atom. The summed E-state index contributed by atoms with van der Waals surface area (Å²) < 4.78 is 6.15.